The summed E-state index contributed by atoms with van der Waals surface area (Å²) >= 11 is 0. The first-order valence-electron chi connectivity index (χ1n) is 8.97. The van der Waals surface area contributed by atoms with Crippen LogP contribution in [-0.2, 0) is 6.42 Å². The zero-order valence-corrected chi connectivity index (χ0v) is 15.4. The van der Waals surface area contributed by atoms with E-state index in [1.807, 2.05) is 18.2 Å². The number of aliphatic hydroxyl groups excluding tert-OH is 1. The molecule has 136 valence electrons. The van der Waals surface area contributed by atoms with Crippen molar-refractivity contribution in [1.29, 1.82) is 0 Å². The van der Waals surface area contributed by atoms with E-state index in [0.717, 1.165) is 19.5 Å². The van der Waals surface area contributed by atoms with E-state index in [9.17, 15) is 5.11 Å². The molecule has 0 amide bonds. The van der Waals surface area contributed by atoms with Gasteiger partial charge in [0.05, 0.1) is 6.10 Å². The third-order valence-corrected chi connectivity index (χ3v) is 5.03. The average Bonchev–Trinajstić information content (AvgIpc) is 2.63. The maximum Gasteiger partial charge on any atom is 0.0820 e. The monoisotopic (exact) mass is 360 g/mol. The van der Waals surface area contributed by atoms with Gasteiger partial charge in [-0.05, 0) is 42.9 Å². The minimum Gasteiger partial charge on any atom is -0.390 e. The number of hydrogen-bond acceptors (Lipinski definition) is 3. The van der Waals surface area contributed by atoms with Gasteiger partial charge in [0.2, 0.25) is 0 Å². The molecule has 1 unspecified atom stereocenters. The van der Waals surface area contributed by atoms with Crippen molar-refractivity contribution >= 4 is 12.4 Å². The number of β-amino-alcohol motifs (C(OH)–C–C–N with tert-alkyl or cyclic N) is 1. The molecule has 0 spiro atoms. The minimum absolute atomic E-state index is 0. The molecule has 0 saturated carbocycles. The Labute approximate surface area is 157 Å². The van der Waals surface area contributed by atoms with Gasteiger partial charge in [0.1, 0.15) is 0 Å². The molecule has 1 aliphatic rings. The molecular formula is C21H29ClN2O. The molecule has 0 radical (unpaired) electrons. The molecule has 0 aromatic heterocycles. The summed E-state index contributed by atoms with van der Waals surface area (Å²) < 4.78 is 0. The summed E-state index contributed by atoms with van der Waals surface area (Å²) in [4.78, 5) is 2.37. The normalized spacial score (nSPS) is 20.5. The molecule has 0 bridgehead atoms. The predicted molar refractivity (Wildman–Crippen MR) is 106 cm³/mol. The fraction of sp³-hybridized carbons (Fsp3) is 0.429. The van der Waals surface area contributed by atoms with E-state index in [4.69, 9.17) is 5.73 Å². The van der Waals surface area contributed by atoms with Crippen molar-refractivity contribution in [2.24, 2.45) is 5.73 Å². The summed E-state index contributed by atoms with van der Waals surface area (Å²) in [5.74, 6) is 0.567. The van der Waals surface area contributed by atoms with Crippen LogP contribution in [0, 0.1) is 0 Å². The van der Waals surface area contributed by atoms with Gasteiger partial charge in [0.25, 0.3) is 0 Å². The second-order valence-electron chi connectivity index (χ2n) is 6.93. The van der Waals surface area contributed by atoms with Gasteiger partial charge in [-0.25, -0.2) is 0 Å². The summed E-state index contributed by atoms with van der Waals surface area (Å²) in [5, 5.41) is 10.5. The van der Waals surface area contributed by atoms with Crippen molar-refractivity contribution in [3.8, 4) is 0 Å². The van der Waals surface area contributed by atoms with Crippen LogP contribution in [0.5, 0.6) is 0 Å². The smallest absolute Gasteiger partial charge is 0.0820 e. The Hall–Kier alpha value is -1.39. The molecule has 2 aromatic carbocycles. The van der Waals surface area contributed by atoms with E-state index in [0.29, 0.717) is 12.5 Å². The van der Waals surface area contributed by atoms with E-state index < -0.39 is 6.10 Å². The molecule has 3 rings (SSSR count). The maximum absolute atomic E-state index is 10.5. The van der Waals surface area contributed by atoms with Crippen molar-refractivity contribution in [2.45, 2.75) is 37.3 Å². The molecule has 2 aromatic rings. The predicted octanol–water partition coefficient (Wildman–Crippen LogP) is 3.22. The zero-order valence-electron chi connectivity index (χ0n) is 14.6. The van der Waals surface area contributed by atoms with E-state index >= 15 is 0 Å². The van der Waals surface area contributed by atoms with Gasteiger partial charge in [0.15, 0.2) is 0 Å². The van der Waals surface area contributed by atoms with E-state index in [1.54, 1.807) is 0 Å². The van der Waals surface area contributed by atoms with Gasteiger partial charge in [-0.3, -0.25) is 0 Å². The summed E-state index contributed by atoms with van der Waals surface area (Å²) in [6.45, 7) is 2.73. The first-order valence-corrected chi connectivity index (χ1v) is 8.97. The van der Waals surface area contributed by atoms with Crippen molar-refractivity contribution in [1.82, 2.24) is 4.90 Å². The van der Waals surface area contributed by atoms with Gasteiger partial charge < -0.3 is 15.7 Å². The molecule has 1 heterocycles. The second kappa shape index (κ2) is 9.93. The number of benzene rings is 2. The number of rotatable bonds is 6. The lowest BCUT2D eigenvalue weighted by atomic mass is 9.90. The van der Waals surface area contributed by atoms with Crippen LogP contribution in [0.1, 0.15) is 29.9 Å². The molecule has 1 aliphatic heterocycles. The van der Waals surface area contributed by atoms with Gasteiger partial charge in [0, 0.05) is 19.1 Å². The van der Waals surface area contributed by atoms with E-state index in [1.165, 1.54) is 24.0 Å². The number of nitrogens with zero attached hydrogens (tertiary/aromatic N) is 1. The van der Waals surface area contributed by atoms with Crippen molar-refractivity contribution in [3.05, 3.63) is 71.8 Å². The molecule has 1 fully saturated rings. The third-order valence-electron chi connectivity index (χ3n) is 5.03. The lowest BCUT2D eigenvalue weighted by Gasteiger charge is -2.35. The number of nitrogens with two attached hydrogens (primary N) is 1. The zero-order chi connectivity index (χ0) is 16.8. The molecule has 0 aliphatic carbocycles. The lowest BCUT2D eigenvalue weighted by Crippen LogP contribution is -2.47. The standard InChI is InChI=1S/C21H28N2O.ClH/c22-20(14-17-8-3-1-4-9-17)21(24)16-23-13-7-12-19(15-23)18-10-5-2-6-11-18;/h1-6,8-11,19-21,24H,7,12-16,22H2;1H/t19?,20-,21+;/m1./s1. The highest BCUT2D eigenvalue weighted by molar-refractivity contribution is 5.85. The molecular weight excluding hydrogens is 332 g/mol. The van der Waals surface area contributed by atoms with Crippen LogP contribution in [0.25, 0.3) is 0 Å². The number of piperidine rings is 1. The molecule has 25 heavy (non-hydrogen) atoms. The highest BCUT2D eigenvalue weighted by atomic mass is 35.5. The molecule has 3 atom stereocenters. The Morgan fingerprint density at radius 2 is 1.68 bits per heavy atom. The number of aliphatic hydroxyl groups is 1. The second-order valence-corrected chi connectivity index (χ2v) is 6.93. The Morgan fingerprint density at radius 1 is 1.04 bits per heavy atom. The topological polar surface area (TPSA) is 49.5 Å². The fourth-order valence-electron chi connectivity index (χ4n) is 3.64. The van der Waals surface area contributed by atoms with Crippen LogP contribution in [0.4, 0.5) is 0 Å². The van der Waals surface area contributed by atoms with Crippen molar-refractivity contribution in [2.75, 3.05) is 19.6 Å². The largest absolute Gasteiger partial charge is 0.390 e. The van der Waals surface area contributed by atoms with E-state index in [2.05, 4.69) is 47.4 Å². The van der Waals surface area contributed by atoms with Crippen LogP contribution in [0.15, 0.2) is 60.7 Å². The van der Waals surface area contributed by atoms with Crippen LogP contribution >= 0.6 is 12.4 Å². The Balaban J connectivity index is 0.00000225. The number of likely N-dealkylation sites (tertiary alicyclic amines) is 1. The first kappa shape index (κ1) is 19.9. The van der Waals surface area contributed by atoms with Gasteiger partial charge in [-0.1, -0.05) is 60.7 Å². The number of halogens is 1. The average molecular weight is 361 g/mol. The Bertz CT molecular complexity index is 608. The molecule has 4 heteroatoms. The van der Waals surface area contributed by atoms with Gasteiger partial charge in [-0.15, -0.1) is 12.4 Å². The Morgan fingerprint density at radius 3 is 2.36 bits per heavy atom. The molecule has 3 N–H and O–H groups in total. The third kappa shape index (κ3) is 5.82. The summed E-state index contributed by atoms with van der Waals surface area (Å²) in [5.41, 5.74) is 8.83. The Kier molecular flexibility index (Phi) is 7.91. The highest BCUT2D eigenvalue weighted by Crippen LogP contribution is 2.26. The van der Waals surface area contributed by atoms with Crippen LogP contribution < -0.4 is 5.73 Å². The van der Waals surface area contributed by atoms with Gasteiger partial charge in [-0.2, -0.15) is 0 Å². The quantitative estimate of drug-likeness (QED) is 0.831. The summed E-state index contributed by atoms with van der Waals surface area (Å²) in [7, 11) is 0. The fourth-order valence-corrected chi connectivity index (χ4v) is 3.64. The van der Waals surface area contributed by atoms with Gasteiger partial charge >= 0.3 is 0 Å². The minimum atomic E-state index is -0.486. The van der Waals surface area contributed by atoms with E-state index in [-0.39, 0.29) is 18.4 Å². The molecule has 1 saturated heterocycles. The highest BCUT2D eigenvalue weighted by Gasteiger charge is 2.25. The SMILES string of the molecule is Cl.N[C@H](Cc1ccccc1)[C@@H](O)CN1CCCC(c2ccccc2)C1. The first-order chi connectivity index (χ1) is 11.7. The van der Waals surface area contributed by atoms with Crippen LogP contribution in [0.3, 0.4) is 0 Å². The number of hydrogen-bond donors (Lipinski definition) is 2. The molecule has 3 nitrogen and oxygen atoms in total. The lowest BCUT2D eigenvalue weighted by molar-refractivity contribution is 0.0772. The van der Waals surface area contributed by atoms with Crippen LogP contribution in [-0.4, -0.2) is 41.8 Å². The van der Waals surface area contributed by atoms with Crippen LogP contribution in [0.2, 0.25) is 0 Å². The maximum atomic E-state index is 10.5. The van der Waals surface area contributed by atoms with Crippen molar-refractivity contribution in [3.63, 3.8) is 0 Å². The summed E-state index contributed by atoms with van der Waals surface area (Å²) in [6.07, 6.45) is 2.64. The summed E-state index contributed by atoms with van der Waals surface area (Å²) in [6, 6.07) is 20.7. The van der Waals surface area contributed by atoms with Crippen molar-refractivity contribution < 1.29 is 5.11 Å².